The van der Waals surface area contributed by atoms with Gasteiger partial charge >= 0.3 is 0 Å². The lowest BCUT2D eigenvalue weighted by Crippen LogP contribution is -2.06. The third-order valence-corrected chi connectivity index (χ3v) is 2.57. The van der Waals surface area contributed by atoms with Gasteiger partial charge in [0.05, 0.1) is 5.69 Å². The van der Waals surface area contributed by atoms with Crippen molar-refractivity contribution in [1.29, 1.82) is 0 Å². The van der Waals surface area contributed by atoms with E-state index in [1.165, 1.54) is 0 Å². The molecule has 0 unspecified atom stereocenters. The molecule has 106 valence electrons. The van der Waals surface area contributed by atoms with Crippen LogP contribution in [-0.4, -0.2) is 0 Å². The highest BCUT2D eigenvalue weighted by Crippen LogP contribution is 2.20. The Balaban J connectivity index is 2.21. The molecule has 0 saturated carbocycles. The van der Waals surface area contributed by atoms with E-state index in [1.807, 2.05) is 0 Å². The number of benzene rings is 2. The van der Waals surface area contributed by atoms with Crippen LogP contribution in [-0.2, 0) is 6.54 Å². The summed E-state index contributed by atoms with van der Waals surface area (Å²) in [6.07, 6.45) is 0. The van der Waals surface area contributed by atoms with Gasteiger partial charge < -0.3 is 5.32 Å². The van der Waals surface area contributed by atoms with E-state index in [9.17, 15) is 26.3 Å². The van der Waals surface area contributed by atoms with Crippen molar-refractivity contribution in [3.63, 3.8) is 0 Å². The number of hydrogen-bond donors (Lipinski definition) is 1. The van der Waals surface area contributed by atoms with Crippen LogP contribution in [0.25, 0.3) is 0 Å². The van der Waals surface area contributed by atoms with E-state index in [-0.39, 0.29) is 5.56 Å². The normalized spacial score (nSPS) is 10.7. The van der Waals surface area contributed by atoms with Crippen molar-refractivity contribution in [3.8, 4) is 0 Å². The summed E-state index contributed by atoms with van der Waals surface area (Å²) in [5, 5.41) is 2.27. The minimum atomic E-state index is -1.37. The molecule has 20 heavy (non-hydrogen) atoms. The first kappa shape index (κ1) is 14.2. The molecule has 1 N–H and O–H groups in total. The summed E-state index contributed by atoms with van der Waals surface area (Å²) in [5.74, 6) is -7.42. The minimum Gasteiger partial charge on any atom is -0.378 e. The maximum absolute atomic E-state index is 13.3. The number of hydrogen-bond acceptors (Lipinski definition) is 1. The molecule has 0 spiro atoms. The maximum Gasteiger partial charge on any atom is 0.161 e. The van der Waals surface area contributed by atoms with Crippen LogP contribution in [0, 0.1) is 34.9 Å². The first-order chi connectivity index (χ1) is 9.38. The Kier molecular flexibility index (Phi) is 3.87. The number of nitrogens with one attached hydrogen (secondary N) is 1. The largest absolute Gasteiger partial charge is 0.378 e. The molecule has 0 aliphatic rings. The van der Waals surface area contributed by atoms with Crippen LogP contribution in [0.2, 0.25) is 0 Å². The van der Waals surface area contributed by atoms with E-state index < -0.39 is 47.1 Å². The molecule has 2 rings (SSSR count). The monoisotopic (exact) mass is 291 g/mol. The molecule has 0 saturated heterocycles. The van der Waals surface area contributed by atoms with E-state index in [4.69, 9.17) is 0 Å². The van der Waals surface area contributed by atoms with Crippen molar-refractivity contribution in [2.24, 2.45) is 0 Å². The van der Waals surface area contributed by atoms with Gasteiger partial charge in [0.2, 0.25) is 0 Å². The maximum atomic E-state index is 13.3. The second kappa shape index (κ2) is 5.44. The summed E-state index contributed by atoms with van der Waals surface area (Å²) in [6.45, 7) is -0.426. The Bertz CT molecular complexity index is 598. The van der Waals surface area contributed by atoms with Crippen molar-refractivity contribution < 1.29 is 26.3 Å². The molecule has 0 radical (unpaired) electrons. The summed E-state index contributed by atoms with van der Waals surface area (Å²) in [5.41, 5.74) is -0.707. The fourth-order valence-electron chi connectivity index (χ4n) is 1.55. The summed E-state index contributed by atoms with van der Waals surface area (Å²) in [7, 11) is 0. The van der Waals surface area contributed by atoms with Gasteiger partial charge in [-0.15, -0.1) is 0 Å². The highest BCUT2D eigenvalue weighted by atomic mass is 19.2. The summed E-state index contributed by atoms with van der Waals surface area (Å²) in [4.78, 5) is 0. The van der Waals surface area contributed by atoms with E-state index in [0.29, 0.717) is 24.3 Å². The molecule has 0 fully saturated rings. The van der Waals surface area contributed by atoms with Gasteiger partial charge in [-0.2, -0.15) is 0 Å². The molecule has 0 bridgehead atoms. The Morgan fingerprint density at radius 2 is 1.10 bits per heavy atom. The molecule has 2 aromatic carbocycles. The van der Waals surface area contributed by atoms with E-state index in [2.05, 4.69) is 5.32 Å². The van der Waals surface area contributed by atoms with Crippen LogP contribution in [0.5, 0.6) is 0 Å². The SMILES string of the molecule is Fc1cc(F)c(CNc2cc(F)c(F)cc2F)cc1F. The second-order valence-electron chi connectivity index (χ2n) is 3.96. The van der Waals surface area contributed by atoms with E-state index in [0.717, 1.165) is 0 Å². The first-order valence-corrected chi connectivity index (χ1v) is 5.40. The lowest BCUT2D eigenvalue weighted by Gasteiger charge is -2.09. The van der Waals surface area contributed by atoms with Gasteiger partial charge in [-0.05, 0) is 6.07 Å². The lowest BCUT2D eigenvalue weighted by molar-refractivity contribution is 0.490. The second-order valence-corrected chi connectivity index (χ2v) is 3.96. The molecular formula is C13H7F6N. The summed E-state index contributed by atoms with van der Waals surface area (Å²) >= 11 is 0. The number of rotatable bonds is 3. The molecule has 0 aliphatic carbocycles. The highest BCUT2D eigenvalue weighted by molar-refractivity contribution is 5.46. The average Bonchev–Trinajstić information content (AvgIpc) is 2.37. The minimum absolute atomic E-state index is 0.284. The topological polar surface area (TPSA) is 12.0 Å². The molecule has 0 atom stereocenters. The molecule has 0 aliphatic heterocycles. The molecule has 7 heteroatoms. The average molecular weight is 291 g/mol. The molecular weight excluding hydrogens is 284 g/mol. The standard InChI is InChI=1S/C13H7F6N/c14-7-2-9(16)8(15)1-6(7)5-20-13-4-11(18)10(17)3-12(13)19/h1-4,20H,5H2. The summed E-state index contributed by atoms with van der Waals surface area (Å²) in [6, 6.07) is 1.80. The Morgan fingerprint density at radius 3 is 1.75 bits per heavy atom. The van der Waals surface area contributed by atoms with Crippen LogP contribution < -0.4 is 5.32 Å². The van der Waals surface area contributed by atoms with Crippen LogP contribution in [0.4, 0.5) is 32.0 Å². The Labute approximate surface area is 109 Å². The van der Waals surface area contributed by atoms with Crippen LogP contribution in [0.1, 0.15) is 5.56 Å². The van der Waals surface area contributed by atoms with Gasteiger partial charge in [0.1, 0.15) is 11.6 Å². The zero-order chi connectivity index (χ0) is 14.9. The lowest BCUT2D eigenvalue weighted by atomic mass is 10.2. The third-order valence-electron chi connectivity index (χ3n) is 2.57. The van der Waals surface area contributed by atoms with Gasteiger partial charge in [0.15, 0.2) is 23.3 Å². The van der Waals surface area contributed by atoms with Crippen LogP contribution in [0.15, 0.2) is 24.3 Å². The van der Waals surface area contributed by atoms with Crippen LogP contribution in [0.3, 0.4) is 0 Å². The first-order valence-electron chi connectivity index (χ1n) is 5.40. The van der Waals surface area contributed by atoms with Gasteiger partial charge in [-0.1, -0.05) is 0 Å². The fourth-order valence-corrected chi connectivity index (χ4v) is 1.55. The van der Waals surface area contributed by atoms with Crippen molar-refractivity contribution >= 4 is 5.69 Å². The zero-order valence-electron chi connectivity index (χ0n) is 9.78. The predicted octanol–water partition coefficient (Wildman–Crippen LogP) is 4.13. The number of anilines is 1. The highest BCUT2D eigenvalue weighted by Gasteiger charge is 2.12. The molecule has 1 nitrogen and oxygen atoms in total. The third kappa shape index (κ3) is 2.87. The van der Waals surface area contributed by atoms with Gasteiger partial charge in [0, 0.05) is 30.3 Å². The van der Waals surface area contributed by atoms with Gasteiger partial charge in [0.25, 0.3) is 0 Å². The zero-order valence-corrected chi connectivity index (χ0v) is 9.78. The number of halogens is 6. The Hall–Kier alpha value is -2.18. The smallest absolute Gasteiger partial charge is 0.161 e. The van der Waals surface area contributed by atoms with Crippen molar-refractivity contribution in [1.82, 2.24) is 0 Å². The van der Waals surface area contributed by atoms with Crippen molar-refractivity contribution in [3.05, 3.63) is 64.7 Å². The van der Waals surface area contributed by atoms with Gasteiger partial charge in [-0.25, -0.2) is 26.3 Å². The van der Waals surface area contributed by atoms with E-state index in [1.54, 1.807) is 0 Å². The molecule has 0 heterocycles. The van der Waals surface area contributed by atoms with Gasteiger partial charge in [-0.3, -0.25) is 0 Å². The van der Waals surface area contributed by atoms with E-state index >= 15 is 0 Å². The molecule has 2 aromatic rings. The van der Waals surface area contributed by atoms with Crippen LogP contribution >= 0.6 is 0 Å². The summed E-state index contributed by atoms with van der Waals surface area (Å²) < 4.78 is 77.8. The molecule has 0 aromatic heterocycles. The predicted molar refractivity (Wildman–Crippen MR) is 60.0 cm³/mol. The quantitative estimate of drug-likeness (QED) is 0.662. The fraction of sp³-hybridized carbons (Fsp3) is 0.0769. The van der Waals surface area contributed by atoms with Crippen molar-refractivity contribution in [2.75, 3.05) is 5.32 Å². The van der Waals surface area contributed by atoms with Crippen molar-refractivity contribution in [2.45, 2.75) is 6.54 Å². The Morgan fingerprint density at radius 1 is 0.600 bits per heavy atom. The molecule has 0 amide bonds.